The van der Waals surface area contributed by atoms with Crippen LogP contribution in [0.4, 0.5) is 5.82 Å². The number of hydrogen-bond donors (Lipinski definition) is 1. The lowest BCUT2D eigenvalue weighted by Crippen LogP contribution is -2.48. The Balaban J connectivity index is 1.53. The number of aryl methyl sites for hydroxylation is 1. The topological polar surface area (TPSA) is 96.9 Å². The molecule has 0 bridgehead atoms. The van der Waals surface area contributed by atoms with Crippen LogP contribution >= 0.6 is 0 Å². The number of piperazine rings is 1. The summed E-state index contributed by atoms with van der Waals surface area (Å²) >= 11 is 0. The molecule has 2 amide bonds. The molecule has 1 aliphatic rings. The predicted octanol–water partition coefficient (Wildman–Crippen LogP) is 1.20. The minimum Gasteiger partial charge on any atom is -0.497 e. The summed E-state index contributed by atoms with van der Waals surface area (Å²) in [5, 5.41) is 3.17. The van der Waals surface area contributed by atoms with Gasteiger partial charge in [-0.1, -0.05) is 0 Å². The van der Waals surface area contributed by atoms with Gasteiger partial charge in [0.2, 0.25) is 6.41 Å². The number of aromatic nitrogens is 2. The van der Waals surface area contributed by atoms with E-state index in [1.807, 2.05) is 24.3 Å². The molecule has 3 rings (SSSR count). The first-order valence-corrected chi connectivity index (χ1v) is 9.44. The van der Waals surface area contributed by atoms with Gasteiger partial charge in [-0.2, -0.15) is 0 Å². The van der Waals surface area contributed by atoms with E-state index >= 15 is 0 Å². The summed E-state index contributed by atoms with van der Waals surface area (Å²) < 4.78 is 10.8. The summed E-state index contributed by atoms with van der Waals surface area (Å²) in [6, 6.07) is 9.01. The number of anilines is 1. The van der Waals surface area contributed by atoms with Gasteiger partial charge in [-0.3, -0.25) is 9.59 Å². The van der Waals surface area contributed by atoms with E-state index in [0.29, 0.717) is 56.7 Å². The highest BCUT2D eigenvalue weighted by Gasteiger charge is 2.23. The Bertz CT molecular complexity index is 835. The number of ether oxygens (including phenoxy) is 2. The highest BCUT2D eigenvalue weighted by Crippen LogP contribution is 2.17. The van der Waals surface area contributed by atoms with Gasteiger partial charge < -0.3 is 24.6 Å². The Morgan fingerprint density at radius 1 is 1.14 bits per heavy atom. The van der Waals surface area contributed by atoms with Crippen LogP contribution < -0.4 is 14.8 Å². The molecule has 29 heavy (non-hydrogen) atoms. The maximum atomic E-state index is 12.7. The molecule has 0 aliphatic carbocycles. The van der Waals surface area contributed by atoms with Crippen molar-refractivity contribution in [3.05, 3.63) is 41.9 Å². The van der Waals surface area contributed by atoms with Crippen molar-refractivity contribution in [1.82, 2.24) is 19.8 Å². The Morgan fingerprint density at radius 2 is 1.83 bits per heavy atom. The van der Waals surface area contributed by atoms with Crippen LogP contribution in [0.25, 0.3) is 0 Å². The van der Waals surface area contributed by atoms with Crippen LogP contribution in [0, 0.1) is 6.92 Å². The summed E-state index contributed by atoms with van der Waals surface area (Å²) in [4.78, 5) is 35.5. The van der Waals surface area contributed by atoms with E-state index in [4.69, 9.17) is 9.47 Å². The number of nitrogens with one attached hydrogen (secondary N) is 1. The Kier molecular flexibility index (Phi) is 6.83. The summed E-state index contributed by atoms with van der Waals surface area (Å²) in [5.41, 5.74) is 0.343. The standard InChI is InChI=1S/C20H25N5O4/c1-15-22-18(20(27)25-10-8-24(14-26)9-11-25)13-19(23-15)21-7-12-29-17-5-3-16(28-2)4-6-17/h3-6,13-14H,7-12H2,1-2H3,(H,21,22,23). The van der Waals surface area contributed by atoms with Crippen LogP contribution in [0.3, 0.4) is 0 Å². The molecule has 0 saturated carbocycles. The van der Waals surface area contributed by atoms with E-state index in [9.17, 15) is 9.59 Å². The van der Waals surface area contributed by atoms with Crippen LogP contribution in [0.5, 0.6) is 11.5 Å². The van der Waals surface area contributed by atoms with Crippen molar-refractivity contribution in [3.8, 4) is 11.5 Å². The van der Waals surface area contributed by atoms with Gasteiger partial charge >= 0.3 is 0 Å². The number of amides is 2. The van der Waals surface area contributed by atoms with Crippen molar-refractivity contribution >= 4 is 18.1 Å². The first kappa shape index (κ1) is 20.4. The molecule has 2 heterocycles. The van der Waals surface area contributed by atoms with Gasteiger partial charge in [-0.15, -0.1) is 0 Å². The lowest BCUT2D eigenvalue weighted by atomic mass is 10.2. The Hall–Kier alpha value is -3.36. The van der Waals surface area contributed by atoms with Gasteiger partial charge in [0.15, 0.2) is 0 Å². The zero-order valence-electron chi connectivity index (χ0n) is 16.6. The zero-order valence-corrected chi connectivity index (χ0v) is 16.6. The summed E-state index contributed by atoms with van der Waals surface area (Å²) in [6.07, 6.45) is 0.812. The number of carbonyl (C=O) groups excluding carboxylic acids is 2. The third kappa shape index (κ3) is 5.56. The van der Waals surface area contributed by atoms with Gasteiger partial charge in [0.1, 0.15) is 35.4 Å². The van der Waals surface area contributed by atoms with Crippen LogP contribution in [0.15, 0.2) is 30.3 Å². The van der Waals surface area contributed by atoms with Crippen LogP contribution in [-0.4, -0.2) is 78.5 Å². The minimum atomic E-state index is -0.154. The molecule has 9 heteroatoms. The molecule has 1 N–H and O–H groups in total. The molecule has 1 aromatic carbocycles. The summed E-state index contributed by atoms with van der Waals surface area (Å²) in [7, 11) is 1.62. The van der Waals surface area contributed by atoms with Crippen LogP contribution in [-0.2, 0) is 4.79 Å². The SMILES string of the molecule is COc1ccc(OCCNc2cc(C(=O)N3CCN(C=O)CC3)nc(C)n2)cc1. The molecule has 0 spiro atoms. The number of methoxy groups -OCH3 is 1. The highest BCUT2D eigenvalue weighted by atomic mass is 16.5. The van der Waals surface area contributed by atoms with Crippen molar-refractivity contribution in [2.24, 2.45) is 0 Å². The van der Waals surface area contributed by atoms with Crippen molar-refractivity contribution in [1.29, 1.82) is 0 Å². The molecule has 1 saturated heterocycles. The van der Waals surface area contributed by atoms with Crippen molar-refractivity contribution < 1.29 is 19.1 Å². The molecule has 0 atom stereocenters. The molecule has 1 aromatic heterocycles. The highest BCUT2D eigenvalue weighted by molar-refractivity contribution is 5.93. The van der Waals surface area contributed by atoms with Crippen molar-refractivity contribution in [2.45, 2.75) is 6.92 Å². The summed E-state index contributed by atoms with van der Waals surface area (Å²) in [6.45, 7) is 4.78. The van der Waals surface area contributed by atoms with E-state index < -0.39 is 0 Å². The minimum absolute atomic E-state index is 0.154. The molecular weight excluding hydrogens is 374 g/mol. The molecule has 0 radical (unpaired) electrons. The first-order valence-electron chi connectivity index (χ1n) is 9.44. The monoisotopic (exact) mass is 399 g/mol. The molecule has 0 unspecified atom stereocenters. The second kappa shape index (κ2) is 9.72. The van der Waals surface area contributed by atoms with Gasteiger partial charge in [0.05, 0.1) is 13.7 Å². The van der Waals surface area contributed by atoms with Crippen LogP contribution in [0.2, 0.25) is 0 Å². The van der Waals surface area contributed by atoms with E-state index in [0.717, 1.165) is 17.9 Å². The Labute approximate surface area is 169 Å². The molecule has 1 aliphatic heterocycles. The number of hydrogen-bond acceptors (Lipinski definition) is 7. The molecule has 2 aromatic rings. The van der Waals surface area contributed by atoms with Gasteiger partial charge in [-0.25, -0.2) is 9.97 Å². The second-order valence-corrected chi connectivity index (χ2v) is 6.57. The molecular formula is C20H25N5O4. The average molecular weight is 399 g/mol. The number of benzene rings is 1. The maximum Gasteiger partial charge on any atom is 0.272 e. The number of nitrogens with zero attached hydrogens (tertiary/aromatic N) is 4. The maximum absolute atomic E-state index is 12.7. The van der Waals surface area contributed by atoms with E-state index in [1.54, 1.807) is 29.9 Å². The third-order valence-electron chi connectivity index (χ3n) is 4.54. The number of rotatable bonds is 8. The van der Waals surface area contributed by atoms with E-state index in [-0.39, 0.29) is 5.91 Å². The van der Waals surface area contributed by atoms with Crippen molar-refractivity contribution in [2.75, 3.05) is 51.8 Å². The fourth-order valence-electron chi connectivity index (χ4n) is 2.98. The summed E-state index contributed by atoms with van der Waals surface area (Å²) in [5.74, 6) is 2.46. The zero-order chi connectivity index (χ0) is 20.6. The molecule has 1 fully saturated rings. The van der Waals surface area contributed by atoms with Gasteiger partial charge in [0.25, 0.3) is 5.91 Å². The number of carbonyl (C=O) groups is 2. The first-order chi connectivity index (χ1) is 14.1. The Morgan fingerprint density at radius 3 is 2.48 bits per heavy atom. The molecule has 154 valence electrons. The predicted molar refractivity (Wildman–Crippen MR) is 107 cm³/mol. The lowest BCUT2D eigenvalue weighted by Gasteiger charge is -2.32. The van der Waals surface area contributed by atoms with E-state index in [1.165, 1.54) is 0 Å². The van der Waals surface area contributed by atoms with Gasteiger partial charge in [-0.05, 0) is 31.2 Å². The normalized spacial score (nSPS) is 13.7. The van der Waals surface area contributed by atoms with Crippen molar-refractivity contribution in [3.63, 3.8) is 0 Å². The third-order valence-corrected chi connectivity index (χ3v) is 4.54. The van der Waals surface area contributed by atoms with Crippen LogP contribution in [0.1, 0.15) is 16.3 Å². The van der Waals surface area contributed by atoms with E-state index in [2.05, 4.69) is 15.3 Å². The molecule has 9 nitrogen and oxygen atoms in total. The quantitative estimate of drug-likeness (QED) is 0.526. The lowest BCUT2D eigenvalue weighted by molar-refractivity contribution is -0.119. The largest absolute Gasteiger partial charge is 0.497 e. The second-order valence-electron chi connectivity index (χ2n) is 6.57. The smallest absolute Gasteiger partial charge is 0.272 e. The fourth-order valence-corrected chi connectivity index (χ4v) is 2.98. The average Bonchev–Trinajstić information content (AvgIpc) is 2.76. The fraction of sp³-hybridized carbons (Fsp3) is 0.400. The van der Waals surface area contributed by atoms with Gasteiger partial charge in [0, 0.05) is 32.2 Å².